The molecule has 0 radical (unpaired) electrons. The quantitative estimate of drug-likeness (QED) is 0.494. The lowest BCUT2D eigenvalue weighted by atomic mass is 10.0. The van der Waals surface area contributed by atoms with Crippen LogP contribution >= 0.6 is 0 Å². The number of anilines is 1. The van der Waals surface area contributed by atoms with Crippen LogP contribution in [-0.4, -0.2) is 60.4 Å². The number of imide groups is 1. The van der Waals surface area contributed by atoms with Crippen LogP contribution in [0, 0.1) is 0 Å². The molecule has 8 nitrogen and oxygen atoms in total. The van der Waals surface area contributed by atoms with Crippen LogP contribution in [0.3, 0.4) is 0 Å². The molecule has 3 rings (SSSR count). The van der Waals surface area contributed by atoms with Crippen LogP contribution in [0.2, 0.25) is 0 Å². The molecule has 0 saturated carbocycles. The lowest BCUT2D eigenvalue weighted by Crippen LogP contribution is -2.32. The van der Waals surface area contributed by atoms with Crippen molar-refractivity contribution in [2.24, 2.45) is 0 Å². The first-order valence-electron chi connectivity index (χ1n) is 10.1. The zero-order chi connectivity index (χ0) is 22.2. The van der Waals surface area contributed by atoms with Crippen LogP contribution in [0.1, 0.15) is 24.0 Å². The van der Waals surface area contributed by atoms with E-state index in [-0.39, 0.29) is 37.9 Å². The van der Waals surface area contributed by atoms with Crippen molar-refractivity contribution in [3.05, 3.63) is 65.7 Å². The molecule has 0 aliphatic carbocycles. The van der Waals surface area contributed by atoms with E-state index in [9.17, 15) is 19.2 Å². The molecule has 0 bridgehead atoms. The van der Waals surface area contributed by atoms with Gasteiger partial charge >= 0.3 is 12.0 Å². The first-order valence-corrected chi connectivity index (χ1v) is 10.1. The minimum Gasteiger partial charge on any atom is -0.456 e. The van der Waals surface area contributed by atoms with Crippen LogP contribution in [0.5, 0.6) is 0 Å². The Morgan fingerprint density at radius 2 is 1.74 bits per heavy atom. The molecule has 0 atom stereocenters. The third-order valence-corrected chi connectivity index (χ3v) is 4.89. The van der Waals surface area contributed by atoms with Crippen molar-refractivity contribution in [3.8, 4) is 0 Å². The van der Waals surface area contributed by atoms with Gasteiger partial charge in [0, 0.05) is 25.7 Å². The number of likely N-dealkylation sites (N-methyl/N-ethyl adjacent to an activating group) is 1. The lowest BCUT2D eigenvalue weighted by molar-refractivity contribution is -0.147. The van der Waals surface area contributed by atoms with E-state index in [4.69, 9.17) is 4.74 Å². The second-order valence-corrected chi connectivity index (χ2v) is 7.32. The van der Waals surface area contributed by atoms with Crippen LogP contribution in [-0.2, 0) is 25.5 Å². The Balaban J connectivity index is 1.42. The van der Waals surface area contributed by atoms with Gasteiger partial charge in [-0.1, -0.05) is 48.5 Å². The summed E-state index contributed by atoms with van der Waals surface area (Å²) in [6.07, 6.45) is 0.963. The number of carbonyl (C=O) groups excluding carboxylic acids is 4. The molecule has 162 valence electrons. The topological polar surface area (TPSA) is 96.0 Å². The van der Waals surface area contributed by atoms with Gasteiger partial charge in [-0.15, -0.1) is 0 Å². The van der Waals surface area contributed by atoms with Crippen LogP contribution in [0.15, 0.2) is 54.6 Å². The third-order valence-electron chi connectivity index (χ3n) is 4.89. The van der Waals surface area contributed by atoms with Gasteiger partial charge in [0.15, 0.2) is 6.61 Å². The van der Waals surface area contributed by atoms with Gasteiger partial charge in [-0.3, -0.25) is 19.3 Å². The molecule has 31 heavy (non-hydrogen) atoms. The molecular formula is C23H25N3O5. The molecule has 0 aromatic heterocycles. The van der Waals surface area contributed by atoms with Crippen molar-refractivity contribution < 1.29 is 23.9 Å². The van der Waals surface area contributed by atoms with Gasteiger partial charge in [0.1, 0.15) is 6.54 Å². The fourth-order valence-electron chi connectivity index (χ4n) is 3.29. The molecule has 0 spiro atoms. The van der Waals surface area contributed by atoms with Crippen molar-refractivity contribution in [1.82, 2.24) is 9.80 Å². The molecule has 1 saturated heterocycles. The Morgan fingerprint density at radius 1 is 1.03 bits per heavy atom. The maximum Gasteiger partial charge on any atom is 0.326 e. The lowest BCUT2D eigenvalue weighted by Gasteiger charge is -2.14. The highest BCUT2D eigenvalue weighted by Gasteiger charge is 2.32. The van der Waals surface area contributed by atoms with Crippen molar-refractivity contribution in [1.29, 1.82) is 0 Å². The van der Waals surface area contributed by atoms with Crippen LogP contribution in [0.25, 0.3) is 0 Å². The average Bonchev–Trinajstić information content (AvgIpc) is 3.00. The molecule has 2 aromatic rings. The zero-order valence-corrected chi connectivity index (χ0v) is 17.4. The first kappa shape index (κ1) is 22.0. The number of nitrogens with zero attached hydrogens (tertiary/aromatic N) is 2. The second-order valence-electron chi connectivity index (χ2n) is 7.32. The number of para-hydroxylation sites is 1. The van der Waals surface area contributed by atoms with Crippen LogP contribution in [0.4, 0.5) is 10.5 Å². The number of urea groups is 1. The Kier molecular flexibility index (Phi) is 7.37. The van der Waals surface area contributed by atoms with E-state index in [1.54, 1.807) is 13.1 Å². The number of hydrogen-bond donors (Lipinski definition) is 1. The zero-order valence-electron chi connectivity index (χ0n) is 17.4. The Bertz CT molecular complexity index is 961. The highest BCUT2D eigenvalue weighted by Crippen LogP contribution is 2.19. The van der Waals surface area contributed by atoms with Gasteiger partial charge in [-0.2, -0.15) is 0 Å². The molecule has 1 fully saturated rings. The number of nitrogens with one attached hydrogen (secondary N) is 1. The van der Waals surface area contributed by atoms with E-state index in [2.05, 4.69) is 5.32 Å². The molecule has 1 N–H and O–H groups in total. The van der Waals surface area contributed by atoms with Crippen molar-refractivity contribution in [2.45, 2.75) is 19.3 Å². The average molecular weight is 423 g/mol. The normalized spacial score (nSPS) is 13.5. The minimum absolute atomic E-state index is 0.0125. The Morgan fingerprint density at radius 3 is 2.45 bits per heavy atom. The predicted molar refractivity (Wildman–Crippen MR) is 114 cm³/mol. The first-order chi connectivity index (χ1) is 14.9. The summed E-state index contributed by atoms with van der Waals surface area (Å²) in [7, 11) is 1.55. The maximum absolute atomic E-state index is 12.2. The van der Waals surface area contributed by atoms with E-state index in [1.165, 1.54) is 4.90 Å². The van der Waals surface area contributed by atoms with Crippen molar-refractivity contribution >= 4 is 29.5 Å². The Labute approximate surface area is 180 Å². The molecule has 2 aromatic carbocycles. The highest BCUT2D eigenvalue weighted by molar-refractivity contribution is 6.01. The number of carbonyl (C=O) groups is 4. The third kappa shape index (κ3) is 6.15. The fourth-order valence-corrected chi connectivity index (χ4v) is 3.29. The minimum atomic E-state index is -0.555. The molecule has 8 heteroatoms. The second kappa shape index (κ2) is 10.4. The maximum atomic E-state index is 12.2. The molecule has 0 unspecified atom stereocenters. The fraction of sp³-hybridized carbons (Fsp3) is 0.304. The number of esters is 1. The standard InChI is InChI=1S/C23H25N3O5/c1-25-15-21(28)26(23(25)30)13-7-12-22(29)31-16-20(27)24-19-11-6-5-10-18(19)14-17-8-3-2-4-9-17/h2-6,8-11H,7,12-16H2,1H3,(H,24,27). The van der Waals surface area contributed by atoms with E-state index in [0.717, 1.165) is 16.0 Å². The van der Waals surface area contributed by atoms with Gasteiger partial charge in [0.25, 0.3) is 5.91 Å². The monoisotopic (exact) mass is 423 g/mol. The van der Waals surface area contributed by atoms with Crippen LogP contribution < -0.4 is 5.32 Å². The summed E-state index contributed by atoms with van der Waals surface area (Å²) >= 11 is 0. The van der Waals surface area contributed by atoms with Gasteiger partial charge in [0.2, 0.25) is 5.91 Å². The Hall–Kier alpha value is -3.68. The van der Waals surface area contributed by atoms with Gasteiger partial charge in [-0.05, 0) is 30.0 Å². The smallest absolute Gasteiger partial charge is 0.326 e. The molecule has 1 aliphatic rings. The number of benzene rings is 2. The van der Waals surface area contributed by atoms with Crippen molar-refractivity contribution in [2.75, 3.05) is 32.1 Å². The summed E-state index contributed by atoms with van der Waals surface area (Å²) in [5, 5.41) is 2.78. The summed E-state index contributed by atoms with van der Waals surface area (Å²) in [6, 6.07) is 17.0. The summed E-state index contributed by atoms with van der Waals surface area (Å²) in [4.78, 5) is 50.1. The molecule has 1 heterocycles. The van der Waals surface area contributed by atoms with E-state index in [1.807, 2.05) is 48.5 Å². The van der Waals surface area contributed by atoms with E-state index < -0.39 is 18.5 Å². The van der Waals surface area contributed by atoms with E-state index >= 15 is 0 Å². The number of amides is 4. The van der Waals surface area contributed by atoms with Crippen molar-refractivity contribution in [3.63, 3.8) is 0 Å². The molecule has 4 amide bonds. The summed E-state index contributed by atoms with van der Waals surface area (Å²) in [6.45, 7) is -0.200. The number of rotatable bonds is 9. The van der Waals surface area contributed by atoms with Gasteiger partial charge in [0.05, 0.1) is 0 Å². The number of ether oxygens (including phenoxy) is 1. The molecular weight excluding hydrogens is 398 g/mol. The van der Waals surface area contributed by atoms with E-state index in [0.29, 0.717) is 12.1 Å². The summed E-state index contributed by atoms with van der Waals surface area (Å²) in [5.74, 6) is -1.27. The number of hydrogen-bond acceptors (Lipinski definition) is 5. The summed E-state index contributed by atoms with van der Waals surface area (Å²) < 4.78 is 5.02. The molecule has 1 aliphatic heterocycles. The largest absolute Gasteiger partial charge is 0.456 e. The predicted octanol–water partition coefficient (Wildman–Crippen LogP) is 2.43. The van der Waals surface area contributed by atoms with Gasteiger partial charge < -0.3 is 15.0 Å². The highest BCUT2D eigenvalue weighted by atomic mass is 16.5. The SMILES string of the molecule is CN1CC(=O)N(CCCC(=O)OCC(=O)Nc2ccccc2Cc2ccccc2)C1=O. The summed E-state index contributed by atoms with van der Waals surface area (Å²) in [5.41, 5.74) is 2.75. The van der Waals surface area contributed by atoms with Gasteiger partial charge in [-0.25, -0.2) is 4.79 Å².